The Bertz CT molecular complexity index is 1030. The van der Waals surface area contributed by atoms with E-state index in [1.54, 1.807) is 29.2 Å². The quantitative estimate of drug-likeness (QED) is 0.574. The molecule has 0 aliphatic carbocycles. The van der Waals surface area contributed by atoms with Crippen LogP contribution in [0.1, 0.15) is 28.5 Å². The first-order chi connectivity index (χ1) is 13.3. The van der Waals surface area contributed by atoms with Crippen LogP contribution in [0.15, 0.2) is 79.1 Å². The molecule has 0 aliphatic rings. The number of pyridine rings is 1. The molecule has 2 aromatic carbocycles. The average Bonchev–Trinajstić information content (AvgIpc) is 3.16. The molecule has 27 heavy (non-hydrogen) atoms. The van der Waals surface area contributed by atoms with Gasteiger partial charge in [0.2, 0.25) is 0 Å². The number of fused-ring (bicyclic) bond motifs is 1. The predicted octanol–water partition coefficient (Wildman–Crippen LogP) is 3.39. The fourth-order valence-electron chi connectivity index (χ4n) is 3.06. The van der Waals surface area contributed by atoms with Gasteiger partial charge in [-0.15, -0.1) is 5.10 Å². The van der Waals surface area contributed by atoms with Crippen LogP contribution in [0.3, 0.4) is 0 Å². The number of amides is 1. The molecule has 2 heterocycles. The Morgan fingerprint density at radius 2 is 1.70 bits per heavy atom. The molecule has 6 heteroatoms. The molecule has 4 rings (SSSR count). The molecule has 134 valence electrons. The van der Waals surface area contributed by atoms with Crippen molar-refractivity contribution in [2.75, 3.05) is 0 Å². The van der Waals surface area contributed by atoms with E-state index < -0.39 is 0 Å². The van der Waals surface area contributed by atoms with Crippen molar-refractivity contribution >= 4 is 16.9 Å². The number of benzene rings is 2. The minimum Gasteiger partial charge on any atom is -0.330 e. The third kappa shape index (κ3) is 3.84. The van der Waals surface area contributed by atoms with E-state index in [0.29, 0.717) is 12.0 Å². The summed E-state index contributed by atoms with van der Waals surface area (Å²) >= 11 is 0. The van der Waals surface area contributed by atoms with E-state index in [1.807, 2.05) is 42.5 Å². The molecule has 1 atom stereocenters. The van der Waals surface area contributed by atoms with E-state index in [-0.39, 0.29) is 12.1 Å². The van der Waals surface area contributed by atoms with E-state index in [9.17, 15) is 4.79 Å². The number of para-hydroxylation sites is 1. The molecular formula is C21H19N5O. The molecule has 0 saturated heterocycles. The summed E-state index contributed by atoms with van der Waals surface area (Å²) in [5, 5.41) is 11.6. The van der Waals surface area contributed by atoms with Gasteiger partial charge in [0.25, 0.3) is 5.91 Å². The van der Waals surface area contributed by atoms with Crippen molar-refractivity contribution in [2.24, 2.45) is 0 Å². The lowest BCUT2D eigenvalue weighted by atomic mass is 10.1. The number of carbonyl (C=O) groups excluding carboxylic acids is 1. The summed E-state index contributed by atoms with van der Waals surface area (Å²) in [4.78, 5) is 16.7. The SMILES string of the molecule is O=C(N[C@H](CCc1ccccc1)n1nnc2ccccc21)c1ccncc1. The van der Waals surface area contributed by atoms with Crippen LogP contribution < -0.4 is 5.32 Å². The van der Waals surface area contributed by atoms with Crippen molar-refractivity contribution in [1.82, 2.24) is 25.3 Å². The third-order valence-corrected chi connectivity index (χ3v) is 4.46. The fraction of sp³-hybridized carbons (Fsp3) is 0.143. The zero-order chi connectivity index (χ0) is 18.5. The molecule has 0 fully saturated rings. The Morgan fingerprint density at radius 1 is 0.963 bits per heavy atom. The Kier molecular flexibility index (Phi) is 4.87. The van der Waals surface area contributed by atoms with Crippen LogP contribution in [-0.4, -0.2) is 25.9 Å². The smallest absolute Gasteiger partial charge is 0.253 e. The number of carbonyl (C=O) groups is 1. The highest BCUT2D eigenvalue weighted by molar-refractivity contribution is 5.94. The van der Waals surface area contributed by atoms with Gasteiger partial charge in [-0.1, -0.05) is 47.7 Å². The highest BCUT2D eigenvalue weighted by Crippen LogP contribution is 2.19. The van der Waals surface area contributed by atoms with E-state index in [0.717, 1.165) is 17.5 Å². The molecule has 4 aromatic rings. The summed E-state index contributed by atoms with van der Waals surface area (Å²) in [6, 6.07) is 21.3. The molecule has 0 spiro atoms. The van der Waals surface area contributed by atoms with Gasteiger partial charge in [-0.3, -0.25) is 9.78 Å². The first-order valence-corrected chi connectivity index (χ1v) is 8.86. The summed E-state index contributed by atoms with van der Waals surface area (Å²) in [5.74, 6) is -0.157. The van der Waals surface area contributed by atoms with Crippen LogP contribution in [0.2, 0.25) is 0 Å². The number of aromatic nitrogens is 4. The zero-order valence-electron chi connectivity index (χ0n) is 14.7. The van der Waals surface area contributed by atoms with Crippen molar-refractivity contribution in [1.29, 1.82) is 0 Å². The number of hydrogen-bond acceptors (Lipinski definition) is 4. The second-order valence-corrected chi connectivity index (χ2v) is 6.27. The molecule has 1 amide bonds. The highest BCUT2D eigenvalue weighted by atomic mass is 16.1. The number of hydrogen-bond donors (Lipinski definition) is 1. The molecule has 2 aromatic heterocycles. The highest BCUT2D eigenvalue weighted by Gasteiger charge is 2.19. The lowest BCUT2D eigenvalue weighted by Gasteiger charge is -2.19. The number of aryl methyl sites for hydroxylation is 1. The van der Waals surface area contributed by atoms with Crippen molar-refractivity contribution in [3.05, 3.63) is 90.3 Å². The van der Waals surface area contributed by atoms with Crippen LogP contribution in [0.25, 0.3) is 11.0 Å². The second kappa shape index (κ2) is 7.78. The fourth-order valence-corrected chi connectivity index (χ4v) is 3.06. The summed E-state index contributed by atoms with van der Waals surface area (Å²) < 4.78 is 1.79. The minimum atomic E-state index is -0.307. The Morgan fingerprint density at radius 3 is 2.52 bits per heavy atom. The second-order valence-electron chi connectivity index (χ2n) is 6.27. The Balaban J connectivity index is 1.61. The summed E-state index contributed by atoms with van der Waals surface area (Å²) in [6.07, 6.45) is 4.43. The molecule has 0 bridgehead atoms. The van der Waals surface area contributed by atoms with Crippen LogP contribution in [0.5, 0.6) is 0 Å². The normalized spacial score (nSPS) is 12.0. The van der Waals surface area contributed by atoms with Gasteiger partial charge in [-0.2, -0.15) is 0 Å². The van der Waals surface area contributed by atoms with Gasteiger partial charge in [-0.25, -0.2) is 4.68 Å². The molecule has 6 nitrogen and oxygen atoms in total. The van der Waals surface area contributed by atoms with Crippen molar-refractivity contribution in [3.63, 3.8) is 0 Å². The number of rotatable bonds is 6. The maximum atomic E-state index is 12.7. The van der Waals surface area contributed by atoms with Crippen LogP contribution in [0.4, 0.5) is 0 Å². The van der Waals surface area contributed by atoms with Gasteiger partial charge in [0.1, 0.15) is 11.7 Å². The van der Waals surface area contributed by atoms with E-state index >= 15 is 0 Å². The maximum absolute atomic E-state index is 12.7. The van der Waals surface area contributed by atoms with Gasteiger partial charge in [0.15, 0.2) is 0 Å². The Hall–Kier alpha value is -3.54. The van der Waals surface area contributed by atoms with Gasteiger partial charge < -0.3 is 5.32 Å². The van der Waals surface area contributed by atoms with Gasteiger partial charge in [0.05, 0.1) is 5.52 Å². The Labute approximate surface area is 156 Å². The first-order valence-electron chi connectivity index (χ1n) is 8.86. The van der Waals surface area contributed by atoms with Crippen LogP contribution in [-0.2, 0) is 6.42 Å². The summed E-state index contributed by atoms with van der Waals surface area (Å²) in [6.45, 7) is 0. The van der Waals surface area contributed by atoms with Gasteiger partial charge in [0, 0.05) is 18.0 Å². The minimum absolute atomic E-state index is 0.157. The third-order valence-electron chi connectivity index (χ3n) is 4.46. The topological polar surface area (TPSA) is 72.7 Å². The summed E-state index contributed by atoms with van der Waals surface area (Å²) in [7, 11) is 0. The van der Waals surface area contributed by atoms with Crippen LogP contribution >= 0.6 is 0 Å². The molecule has 0 saturated carbocycles. The number of nitrogens with zero attached hydrogens (tertiary/aromatic N) is 4. The molecule has 1 N–H and O–H groups in total. The molecule has 0 unspecified atom stereocenters. The predicted molar refractivity (Wildman–Crippen MR) is 103 cm³/mol. The van der Waals surface area contributed by atoms with E-state index in [2.05, 4.69) is 32.7 Å². The lowest BCUT2D eigenvalue weighted by Crippen LogP contribution is -2.33. The van der Waals surface area contributed by atoms with Crippen molar-refractivity contribution in [3.8, 4) is 0 Å². The van der Waals surface area contributed by atoms with E-state index in [1.165, 1.54) is 5.56 Å². The number of nitrogens with one attached hydrogen (secondary N) is 1. The standard InChI is InChI=1S/C21H19N5O/c27-21(17-12-14-22-15-13-17)23-20(11-10-16-6-2-1-3-7-16)26-19-9-5-4-8-18(19)24-25-26/h1-9,12-15,20H,10-11H2,(H,23,27)/t20-/m0/s1. The lowest BCUT2D eigenvalue weighted by molar-refractivity contribution is 0.0913. The largest absolute Gasteiger partial charge is 0.330 e. The van der Waals surface area contributed by atoms with Crippen molar-refractivity contribution in [2.45, 2.75) is 19.0 Å². The zero-order valence-corrected chi connectivity index (χ0v) is 14.7. The average molecular weight is 357 g/mol. The van der Waals surface area contributed by atoms with E-state index in [4.69, 9.17) is 0 Å². The maximum Gasteiger partial charge on any atom is 0.253 e. The molecule has 0 radical (unpaired) electrons. The summed E-state index contributed by atoms with van der Waals surface area (Å²) in [5.41, 5.74) is 3.48. The monoisotopic (exact) mass is 357 g/mol. The first kappa shape index (κ1) is 16.9. The van der Waals surface area contributed by atoms with Gasteiger partial charge >= 0.3 is 0 Å². The molecule has 0 aliphatic heterocycles. The van der Waals surface area contributed by atoms with Crippen molar-refractivity contribution < 1.29 is 4.79 Å². The molecular weight excluding hydrogens is 338 g/mol. The van der Waals surface area contributed by atoms with Gasteiger partial charge in [-0.05, 0) is 42.7 Å². The van der Waals surface area contributed by atoms with Crippen LogP contribution in [0, 0.1) is 0 Å².